The number of benzene rings is 1. The van der Waals surface area contributed by atoms with Crippen LogP contribution in [0.3, 0.4) is 0 Å². The van der Waals surface area contributed by atoms with Crippen LogP contribution in [-0.4, -0.2) is 23.2 Å². The van der Waals surface area contributed by atoms with Crippen LogP contribution in [0.4, 0.5) is 0 Å². The first kappa shape index (κ1) is 14.6. The molecule has 3 heteroatoms. The van der Waals surface area contributed by atoms with E-state index in [4.69, 9.17) is 0 Å². The van der Waals surface area contributed by atoms with Crippen molar-refractivity contribution in [3.8, 4) is 0 Å². The van der Waals surface area contributed by atoms with Crippen LogP contribution in [0.15, 0.2) is 30.3 Å². The molecule has 3 rings (SSSR count). The van der Waals surface area contributed by atoms with E-state index in [-0.39, 0.29) is 11.3 Å². The third kappa shape index (κ3) is 2.84. The minimum Gasteiger partial charge on any atom is -0.388 e. The van der Waals surface area contributed by atoms with E-state index >= 15 is 0 Å². The van der Waals surface area contributed by atoms with Crippen molar-refractivity contribution in [2.24, 2.45) is 0 Å². The van der Waals surface area contributed by atoms with E-state index in [1.54, 1.807) is 0 Å². The molecule has 2 aliphatic carbocycles. The van der Waals surface area contributed by atoms with E-state index in [0.29, 0.717) is 6.54 Å². The average molecular weight is 287 g/mol. The largest absolute Gasteiger partial charge is 0.388 e. The lowest BCUT2D eigenvalue weighted by Crippen LogP contribution is -2.53. The number of hydrogen-bond acceptors (Lipinski definition) is 2. The van der Waals surface area contributed by atoms with Crippen molar-refractivity contribution in [1.82, 2.24) is 5.32 Å². The Morgan fingerprint density at radius 3 is 2.24 bits per heavy atom. The summed E-state index contributed by atoms with van der Waals surface area (Å²) in [6.07, 6.45) is 7.89. The van der Waals surface area contributed by atoms with Gasteiger partial charge in [-0.1, -0.05) is 56.0 Å². The number of hydrogen-bond donors (Lipinski definition) is 2. The van der Waals surface area contributed by atoms with E-state index < -0.39 is 5.60 Å². The Morgan fingerprint density at radius 2 is 1.67 bits per heavy atom. The molecular weight excluding hydrogens is 262 g/mol. The van der Waals surface area contributed by atoms with Gasteiger partial charge in [-0.2, -0.15) is 0 Å². The van der Waals surface area contributed by atoms with Gasteiger partial charge in [-0.05, 0) is 31.2 Å². The molecule has 2 N–H and O–H groups in total. The van der Waals surface area contributed by atoms with Crippen molar-refractivity contribution < 1.29 is 9.90 Å². The van der Waals surface area contributed by atoms with Gasteiger partial charge in [-0.3, -0.25) is 4.79 Å². The van der Waals surface area contributed by atoms with Gasteiger partial charge in [0.05, 0.1) is 11.0 Å². The summed E-state index contributed by atoms with van der Waals surface area (Å²) < 4.78 is 0. The lowest BCUT2D eigenvalue weighted by Gasteiger charge is -2.42. The van der Waals surface area contributed by atoms with Gasteiger partial charge in [0.25, 0.3) is 0 Å². The molecule has 0 bridgehead atoms. The van der Waals surface area contributed by atoms with Gasteiger partial charge in [0.1, 0.15) is 0 Å². The van der Waals surface area contributed by atoms with Gasteiger partial charge < -0.3 is 10.4 Å². The number of aliphatic hydroxyl groups is 1. The van der Waals surface area contributed by atoms with Crippen LogP contribution in [0.1, 0.15) is 56.9 Å². The Bertz CT molecular complexity index is 487. The molecule has 0 aromatic heterocycles. The zero-order chi connectivity index (χ0) is 14.8. The van der Waals surface area contributed by atoms with Crippen LogP contribution in [0.2, 0.25) is 0 Å². The predicted molar refractivity (Wildman–Crippen MR) is 83.0 cm³/mol. The van der Waals surface area contributed by atoms with Gasteiger partial charge in [-0.25, -0.2) is 0 Å². The van der Waals surface area contributed by atoms with Crippen molar-refractivity contribution in [3.05, 3.63) is 35.9 Å². The highest BCUT2D eigenvalue weighted by molar-refractivity contribution is 5.89. The quantitative estimate of drug-likeness (QED) is 0.894. The molecule has 0 atom stereocenters. The fourth-order valence-electron chi connectivity index (χ4n) is 3.74. The van der Waals surface area contributed by atoms with E-state index in [0.717, 1.165) is 50.5 Å². The maximum absolute atomic E-state index is 12.7. The van der Waals surface area contributed by atoms with E-state index in [9.17, 15) is 9.90 Å². The van der Waals surface area contributed by atoms with Crippen LogP contribution in [0.25, 0.3) is 0 Å². The monoisotopic (exact) mass is 287 g/mol. The molecule has 0 heterocycles. The number of amides is 1. The number of carbonyl (C=O) groups is 1. The van der Waals surface area contributed by atoms with Crippen LogP contribution < -0.4 is 5.32 Å². The predicted octanol–water partition coefficient (Wildman–Crippen LogP) is 2.92. The first-order chi connectivity index (χ1) is 10.1. The van der Waals surface area contributed by atoms with Crippen molar-refractivity contribution >= 4 is 5.91 Å². The Morgan fingerprint density at radius 1 is 1.00 bits per heavy atom. The maximum atomic E-state index is 12.7. The summed E-state index contributed by atoms with van der Waals surface area (Å²) in [7, 11) is 0. The zero-order valence-electron chi connectivity index (χ0n) is 12.6. The molecule has 0 saturated heterocycles. The Balaban J connectivity index is 1.66. The van der Waals surface area contributed by atoms with Crippen LogP contribution in [0.5, 0.6) is 0 Å². The second-order valence-electron chi connectivity index (χ2n) is 6.77. The molecule has 0 spiro atoms. The molecular formula is C18H25NO2. The summed E-state index contributed by atoms with van der Waals surface area (Å²) in [5.41, 5.74) is 0.0753. The smallest absolute Gasteiger partial charge is 0.230 e. The Kier molecular flexibility index (Phi) is 4.03. The van der Waals surface area contributed by atoms with Gasteiger partial charge in [-0.15, -0.1) is 0 Å². The standard InChI is InChI=1S/C18H25NO2/c20-16(19-14-17(21)10-5-2-6-11-17)18(12-7-13-18)15-8-3-1-4-9-15/h1,3-4,8-9,21H,2,5-7,10-14H2,(H,19,20). The van der Waals surface area contributed by atoms with Crippen LogP contribution in [0, 0.1) is 0 Å². The van der Waals surface area contributed by atoms with Crippen LogP contribution in [-0.2, 0) is 10.2 Å². The molecule has 1 amide bonds. The fraction of sp³-hybridized carbons (Fsp3) is 0.611. The lowest BCUT2D eigenvalue weighted by molar-refractivity contribution is -0.131. The van der Waals surface area contributed by atoms with E-state index in [2.05, 4.69) is 5.32 Å². The molecule has 0 aliphatic heterocycles. The first-order valence-electron chi connectivity index (χ1n) is 8.21. The highest BCUT2D eigenvalue weighted by atomic mass is 16.3. The summed E-state index contributed by atoms with van der Waals surface area (Å²) in [5, 5.41) is 13.6. The number of nitrogens with one attached hydrogen (secondary N) is 1. The second kappa shape index (κ2) is 5.80. The fourth-order valence-corrected chi connectivity index (χ4v) is 3.74. The van der Waals surface area contributed by atoms with Gasteiger partial charge in [0.15, 0.2) is 0 Å². The summed E-state index contributed by atoms with van der Waals surface area (Å²) in [6.45, 7) is 0.403. The van der Waals surface area contributed by atoms with E-state index in [1.165, 1.54) is 6.42 Å². The minimum absolute atomic E-state index is 0.0962. The maximum Gasteiger partial charge on any atom is 0.230 e. The van der Waals surface area contributed by atoms with Crippen molar-refractivity contribution in [2.75, 3.05) is 6.54 Å². The summed E-state index contributed by atoms with van der Waals surface area (Å²) >= 11 is 0. The van der Waals surface area contributed by atoms with E-state index in [1.807, 2.05) is 30.3 Å². The third-order valence-electron chi connectivity index (χ3n) is 5.33. The SMILES string of the molecule is O=C(NCC1(O)CCCCC1)C1(c2ccccc2)CCC1. The summed E-state index contributed by atoms with van der Waals surface area (Å²) in [5.74, 6) is 0.0962. The third-order valence-corrected chi connectivity index (χ3v) is 5.33. The van der Waals surface area contributed by atoms with Crippen molar-refractivity contribution in [2.45, 2.75) is 62.4 Å². The van der Waals surface area contributed by atoms with Gasteiger partial charge >= 0.3 is 0 Å². The molecule has 2 fully saturated rings. The van der Waals surface area contributed by atoms with Crippen LogP contribution >= 0.6 is 0 Å². The van der Waals surface area contributed by atoms with Gasteiger partial charge in [0, 0.05) is 6.54 Å². The molecule has 21 heavy (non-hydrogen) atoms. The molecule has 0 unspecified atom stereocenters. The Hall–Kier alpha value is -1.35. The lowest BCUT2D eigenvalue weighted by atomic mass is 9.63. The molecule has 0 radical (unpaired) electrons. The topological polar surface area (TPSA) is 49.3 Å². The second-order valence-corrected chi connectivity index (χ2v) is 6.77. The molecule has 2 aliphatic rings. The highest BCUT2D eigenvalue weighted by Crippen LogP contribution is 2.44. The zero-order valence-corrected chi connectivity index (χ0v) is 12.6. The van der Waals surface area contributed by atoms with Crippen molar-refractivity contribution in [3.63, 3.8) is 0 Å². The molecule has 1 aromatic rings. The summed E-state index contributed by atoms with van der Waals surface area (Å²) in [4.78, 5) is 12.7. The molecule has 2 saturated carbocycles. The minimum atomic E-state index is -0.685. The van der Waals surface area contributed by atoms with Crippen molar-refractivity contribution in [1.29, 1.82) is 0 Å². The Labute approximate surface area is 126 Å². The average Bonchev–Trinajstić information content (AvgIpc) is 2.46. The molecule has 114 valence electrons. The number of rotatable bonds is 4. The van der Waals surface area contributed by atoms with Gasteiger partial charge in [0.2, 0.25) is 5.91 Å². The normalized spacial score (nSPS) is 23.1. The number of carbonyl (C=O) groups excluding carboxylic acids is 1. The highest BCUT2D eigenvalue weighted by Gasteiger charge is 2.46. The first-order valence-corrected chi connectivity index (χ1v) is 8.21. The molecule has 3 nitrogen and oxygen atoms in total. The molecule has 1 aromatic carbocycles. The summed E-state index contributed by atoms with van der Waals surface area (Å²) in [6, 6.07) is 10.1.